The molecule has 0 heterocycles. The molecular weight excluding hydrogens is 375 g/mol. The van der Waals surface area contributed by atoms with Gasteiger partial charge in [-0.05, 0) is 59.0 Å². The summed E-state index contributed by atoms with van der Waals surface area (Å²) in [5.41, 5.74) is 1.45. The predicted molar refractivity (Wildman–Crippen MR) is 83.3 cm³/mol. The summed E-state index contributed by atoms with van der Waals surface area (Å²) in [4.78, 5) is 12.0. The number of halogens is 2. The van der Waals surface area contributed by atoms with Crippen molar-refractivity contribution in [1.29, 1.82) is 5.26 Å². The van der Waals surface area contributed by atoms with Gasteiger partial charge >= 0.3 is 0 Å². The highest BCUT2D eigenvalue weighted by molar-refractivity contribution is 14.1. The van der Waals surface area contributed by atoms with Crippen LogP contribution >= 0.6 is 34.2 Å². The fourth-order valence-corrected chi connectivity index (χ4v) is 2.22. The Morgan fingerprint density at radius 1 is 1.26 bits per heavy atom. The summed E-state index contributed by atoms with van der Waals surface area (Å²) in [7, 11) is 0. The van der Waals surface area contributed by atoms with Crippen LogP contribution in [0.15, 0.2) is 42.5 Å². The fraction of sp³-hybridized carbons (Fsp3) is 0. The lowest BCUT2D eigenvalue weighted by Crippen LogP contribution is -2.12. The highest BCUT2D eigenvalue weighted by Crippen LogP contribution is 2.20. The number of nitrogens with one attached hydrogen (secondary N) is 1. The van der Waals surface area contributed by atoms with Crippen molar-refractivity contribution in [1.82, 2.24) is 0 Å². The maximum atomic E-state index is 12.0. The Labute approximate surface area is 129 Å². The molecule has 2 rings (SSSR count). The van der Waals surface area contributed by atoms with E-state index >= 15 is 0 Å². The first-order valence-corrected chi connectivity index (χ1v) is 6.82. The molecule has 0 radical (unpaired) electrons. The molecule has 19 heavy (non-hydrogen) atoms. The second-order valence-electron chi connectivity index (χ2n) is 3.77. The number of hydrogen-bond donors (Lipinski definition) is 1. The van der Waals surface area contributed by atoms with Crippen LogP contribution in [0.1, 0.15) is 15.9 Å². The number of rotatable bonds is 2. The van der Waals surface area contributed by atoms with Gasteiger partial charge in [0.05, 0.1) is 10.6 Å². The lowest BCUT2D eigenvalue weighted by molar-refractivity contribution is 0.102. The molecule has 1 amide bonds. The summed E-state index contributed by atoms with van der Waals surface area (Å²) >= 11 is 7.98. The molecular formula is C14H8ClIN2O. The van der Waals surface area contributed by atoms with E-state index in [4.69, 9.17) is 16.9 Å². The van der Waals surface area contributed by atoms with Crippen LogP contribution in [0.5, 0.6) is 0 Å². The standard InChI is InChI=1S/C14H8ClIN2O/c15-13-5-4-12(7-10(13)8-17)18-14(19)9-2-1-3-11(16)6-9/h1-7H,(H,18,19). The van der Waals surface area contributed by atoms with Crippen molar-refractivity contribution in [2.45, 2.75) is 0 Å². The van der Waals surface area contributed by atoms with Crippen LogP contribution in [-0.4, -0.2) is 5.91 Å². The van der Waals surface area contributed by atoms with Crippen molar-refractivity contribution in [2.75, 3.05) is 5.32 Å². The Bertz CT molecular complexity index is 679. The summed E-state index contributed by atoms with van der Waals surface area (Å²) in [5.74, 6) is -0.218. The summed E-state index contributed by atoms with van der Waals surface area (Å²) in [6, 6.07) is 14.0. The Morgan fingerprint density at radius 2 is 2.05 bits per heavy atom. The molecule has 0 unspecified atom stereocenters. The molecule has 0 saturated heterocycles. The molecule has 2 aromatic carbocycles. The van der Waals surface area contributed by atoms with Gasteiger partial charge in [-0.2, -0.15) is 5.26 Å². The number of nitrogens with zero attached hydrogens (tertiary/aromatic N) is 1. The van der Waals surface area contributed by atoms with Gasteiger partial charge < -0.3 is 5.32 Å². The molecule has 0 aliphatic carbocycles. The lowest BCUT2D eigenvalue weighted by Gasteiger charge is -2.06. The normalized spacial score (nSPS) is 9.74. The highest BCUT2D eigenvalue weighted by Gasteiger charge is 2.08. The second-order valence-corrected chi connectivity index (χ2v) is 5.42. The smallest absolute Gasteiger partial charge is 0.255 e. The van der Waals surface area contributed by atoms with Crippen LogP contribution < -0.4 is 5.32 Å². The SMILES string of the molecule is N#Cc1cc(NC(=O)c2cccc(I)c2)ccc1Cl. The number of anilines is 1. The summed E-state index contributed by atoms with van der Waals surface area (Å²) in [5, 5.41) is 12.0. The van der Waals surface area contributed by atoms with Crippen LogP contribution in [0.4, 0.5) is 5.69 Å². The predicted octanol–water partition coefficient (Wildman–Crippen LogP) is 4.07. The van der Waals surface area contributed by atoms with Crippen molar-refractivity contribution in [2.24, 2.45) is 0 Å². The van der Waals surface area contributed by atoms with Gasteiger partial charge in [0.2, 0.25) is 0 Å². The molecule has 0 aliphatic heterocycles. The van der Waals surface area contributed by atoms with Gasteiger partial charge in [0.1, 0.15) is 6.07 Å². The molecule has 0 bridgehead atoms. The Hall–Kier alpha value is -1.58. The molecule has 0 aromatic heterocycles. The molecule has 94 valence electrons. The Morgan fingerprint density at radius 3 is 2.74 bits per heavy atom. The van der Waals surface area contributed by atoms with Gasteiger partial charge in [0, 0.05) is 14.8 Å². The molecule has 0 spiro atoms. The number of carbonyl (C=O) groups excluding carboxylic acids is 1. The first kappa shape index (κ1) is 13.8. The Balaban J connectivity index is 2.22. The van der Waals surface area contributed by atoms with E-state index in [1.165, 1.54) is 0 Å². The van der Waals surface area contributed by atoms with Crippen molar-refractivity contribution in [3.8, 4) is 6.07 Å². The quantitative estimate of drug-likeness (QED) is 0.796. The van der Waals surface area contributed by atoms with E-state index in [0.29, 0.717) is 21.8 Å². The third-order valence-corrected chi connectivity index (χ3v) is 3.43. The van der Waals surface area contributed by atoms with Crippen molar-refractivity contribution < 1.29 is 4.79 Å². The second kappa shape index (κ2) is 6.04. The van der Waals surface area contributed by atoms with Gasteiger partial charge in [-0.15, -0.1) is 0 Å². The van der Waals surface area contributed by atoms with Crippen molar-refractivity contribution in [3.05, 3.63) is 62.2 Å². The maximum absolute atomic E-state index is 12.0. The van der Waals surface area contributed by atoms with Crippen LogP contribution in [0.3, 0.4) is 0 Å². The van der Waals surface area contributed by atoms with Gasteiger partial charge in [-0.3, -0.25) is 4.79 Å². The monoisotopic (exact) mass is 382 g/mol. The van der Waals surface area contributed by atoms with Crippen LogP contribution in [-0.2, 0) is 0 Å². The zero-order valence-electron chi connectivity index (χ0n) is 9.65. The number of carbonyl (C=O) groups is 1. The summed E-state index contributed by atoms with van der Waals surface area (Å²) < 4.78 is 0.985. The van der Waals surface area contributed by atoms with Crippen molar-refractivity contribution >= 4 is 45.8 Å². The molecule has 1 N–H and O–H groups in total. The minimum atomic E-state index is -0.218. The average Bonchev–Trinajstić information content (AvgIpc) is 2.41. The minimum Gasteiger partial charge on any atom is -0.322 e. The number of nitriles is 1. The Kier molecular flexibility index (Phi) is 4.40. The van der Waals surface area contributed by atoms with E-state index < -0.39 is 0 Å². The van der Waals surface area contributed by atoms with Crippen LogP contribution in [0.2, 0.25) is 5.02 Å². The van der Waals surface area contributed by atoms with E-state index in [9.17, 15) is 4.79 Å². The van der Waals surface area contributed by atoms with Gasteiger partial charge in [0.25, 0.3) is 5.91 Å². The summed E-state index contributed by atoms with van der Waals surface area (Å²) in [6.45, 7) is 0. The van der Waals surface area contributed by atoms with Gasteiger partial charge in [0.15, 0.2) is 0 Å². The first-order chi connectivity index (χ1) is 9.10. The topological polar surface area (TPSA) is 52.9 Å². The largest absolute Gasteiger partial charge is 0.322 e. The van der Waals surface area contributed by atoms with Gasteiger partial charge in [-0.25, -0.2) is 0 Å². The first-order valence-electron chi connectivity index (χ1n) is 5.37. The third kappa shape index (κ3) is 3.46. The van der Waals surface area contributed by atoms with E-state index in [2.05, 4.69) is 27.9 Å². The van der Waals surface area contributed by atoms with Crippen LogP contribution in [0.25, 0.3) is 0 Å². The highest BCUT2D eigenvalue weighted by atomic mass is 127. The lowest BCUT2D eigenvalue weighted by atomic mass is 10.2. The number of hydrogen-bond acceptors (Lipinski definition) is 2. The fourth-order valence-electron chi connectivity index (χ4n) is 1.52. The molecule has 5 heteroatoms. The molecule has 0 atom stereocenters. The molecule has 2 aromatic rings. The van der Waals surface area contributed by atoms with Crippen molar-refractivity contribution in [3.63, 3.8) is 0 Å². The number of amides is 1. The number of benzene rings is 2. The third-order valence-electron chi connectivity index (χ3n) is 2.43. The van der Waals surface area contributed by atoms with Gasteiger partial charge in [-0.1, -0.05) is 17.7 Å². The zero-order valence-corrected chi connectivity index (χ0v) is 12.6. The van der Waals surface area contributed by atoms with E-state index in [1.807, 2.05) is 18.2 Å². The molecule has 0 fully saturated rings. The van der Waals surface area contributed by atoms with E-state index in [1.54, 1.807) is 30.3 Å². The average molecular weight is 383 g/mol. The molecule has 0 aliphatic rings. The minimum absolute atomic E-state index is 0.218. The molecule has 3 nitrogen and oxygen atoms in total. The molecule has 0 saturated carbocycles. The maximum Gasteiger partial charge on any atom is 0.255 e. The van der Waals surface area contributed by atoms with E-state index in [0.717, 1.165) is 3.57 Å². The summed E-state index contributed by atoms with van der Waals surface area (Å²) in [6.07, 6.45) is 0. The van der Waals surface area contributed by atoms with E-state index in [-0.39, 0.29) is 5.91 Å². The zero-order chi connectivity index (χ0) is 13.8. The van der Waals surface area contributed by atoms with Crippen LogP contribution in [0, 0.1) is 14.9 Å².